The predicted molar refractivity (Wildman–Crippen MR) is 57.6 cm³/mol. The largest absolute Gasteiger partial charge is 0.347 e. The SMILES string of the molecule is CC1(C(=O)NCC(=O)Nc2cn[nH]c2)CC1. The van der Waals surface area contributed by atoms with Crippen LogP contribution in [0.5, 0.6) is 0 Å². The topological polar surface area (TPSA) is 86.9 Å². The molecule has 1 fully saturated rings. The monoisotopic (exact) mass is 222 g/mol. The summed E-state index contributed by atoms with van der Waals surface area (Å²) in [5.41, 5.74) is 0.354. The first-order valence-corrected chi connectivity index (χ1v) is 5.17. The van der Waals surface area contributed by atoms with E-state index in [0.29, 0.717) is 5.69 Å². The highest BCUT2D eigenvalue weighted by atomic mass is 16.2. The minimum absolute atomic E-state index is 0.000394. The number of rotatable bonds is 4. The van der Waals surface area contributed by atoms with Crippen LogP contribution < -0.4 is 10.6 Å². The van der Waals surface area contributed by atoms with Crippen molar-refractivity contribution in [1.29, 1.82) is 0 Å². The van der Waals surface area contributed by atoms with Gasteiger partial charge in [0.05, 0.1) is 18.4 Å². The van der Waals surface area contributed by atoms with E-state index in [4.69, 9.17) is 0 Å². The molecule has 1 aliphatic carbocycles. The molecule has 0 spiro atoms. The molecule has 2 amide bonds. The standard InChI is InChI=1S/C10H14N4O2/c1-10(2-3-10)9(16)11-6-8(15)14-7-4-12-13-5-7/h4-5H,2-3,6H2,1H3,(H,11,16)(H,12,13)(H,14,15). The molecular weight excluding hydrogens is 208 g/mol. The molecule has 0 aliphatic heterocycles. The third-order valence-electron chi connectivity index (χ3n) is 2.74. The Labute approximate surface area is 92.8 Å². The Kier molecular flexibility index (Phi) is 2.64. The molecule has 0 saturated heterocycles. The second-order valence-electron chi connectivity index (χ2n) is 4.28. The van der Waals surface area contributed by atoms with Crippen molar-refractivity contribution in [3.05, 3.63) is 12.4 Å². The van der Waals surface area contributed by atoms with E-state index in [1.165, 1.54) is 6.20 Å². The van der Waals surface area contributed by atoms with E-state index in [9.17, 15) is 9.59 Å². The number of hydrogen-bond acceptors (Lipinski definition) is 3. The van der Waals surface area contributed by atoms with Crippen molar-refractivity contribution in [2.75, 3.05) is 11.9 Å². The van der Waals surface area contributed by atoms with Crippen LogP contribution in [0.15, 0.2) is 12.4 Å². The molecule has 1 aliphatic rings. The lowest BCUT2D eigenvalue weighted by molar-refractivity contribution is -0.127. The number of nitrogens with one attached hydrogen (secondary N) is 3. The fraction of sp³-hybridized carbons (Fsp3) is 0.500. The molecule has 2 rings (SSSR count). The highest BCUT2D eigenvalue weighted by Gasteiger charge is 2.44. The zero-order chi connectivity index (χ0) is 11.6. The average molecular weight is 222 g/mol. The van der Waals surface area contributed by atoms with Crippen LogP contribution in [0.2, 0.25) is 0 Å². The summed E-state index contributed by atoms with van der Waals surface area (Å²) in [4.78, 5) is 22.9. The highest BCUT2D eigenvalue weighted by molar-refractivity contribution is 5.95. The Morgan fingerprint density at radius 1 is 1.56 bits per heavy atom. The Balaban J connectivity index is 1.74. The molecule has 1 heterocycles. The maximum absolute atomic E-state index is 11.5. The fourth-order valence-corrected chi connectivity index (χ4v) is 1.31. The number of aromatic amines is 1. The van der Waals surface area contributed by atoms with Crippen molar-refractivity contribution in [2.45, 2.75) is 19.8 Å². The molecule has 16 heavy (non-hydrogen) atoms. The van der Waals surface area contributed by atoms with Crippen molar-refractivity contribution in [3.8, 4) is 0 Å². The molecule has 6 nitrogen and oxygen atoms in total. The fourth-order valence-electron chi connectivity index (χ4n) is 1.31. The molecule has 3 N–H and O–H groups in total. The van der Waals surface area contributed by atoms with Crippen molar-refractivity contribution < 1.29 is 9.59 Å². The van der Waals surface area contributed by atoms with Crippen LogP contribution in [0.1, 0.15) is 19.8 Å². The van der Waals surface area contributed by atoms with Gasteiger partial charge in [0.25, 0.3) is 0 Å². The Bertz CT molecular complexity index is 395. The molecule has 0 radical (unpaired) electrons. The quantitative estimate of drug-likeness (QED) is 0.683. The lowest BCUT2D eigenvalue weighted by Crippen LogP contribution is -2.36. The van der Waals surface area contributed by atoms with Gasteiger partial charge in [-0.25, -0.2) is 0 Å². The summed E-state index contributed by atoms with van der Waals surface area (Å²) in [6.45, 7) is 1.90. The van der Waals surface area contributed by atoms with Crippen molar-refractivity contribution in [3.63, 3.8) is 0 Å². The van der Waals surface area contributed by atoms with E-state index < -0.39 is 0 Å². The average Bonchev–Trinajstić information content (AvgIpc) is 2.79. The third-order valence-corrected chi connectivity index (χ3v) is 2.74. The number of hydrogen-bond donors (Lipinski definition) is 3. The van der Waals surface area contributed by atoms with E-state index in [-0.39, 0.29) is 23.8 Å². The van der Waals surface area contributed by atoms with E-state index in [1.54, 1.807) is 6.20 Å². The van der Waals surface area contributed by atoms with E-state index in [2.05, 4.69) is 20.8 Å². The maximum Gasteiger partial charge on any atom is 0.243 e. The first kappa shape index (κ1) is 10.7. The zero-order valence-electron chi connectivity index (χ0n) is 9.04. The number of carbonyl (C=O) groups excluding carboxylic acids is 2. The maximum atomic E-state index is 11.5. The Hall–Kier alpha value is -1.85. The van der Waals surface area contributed by atoms with E-state index in [0.717, 1.165) is 12.8 Å². The molecule has 0 unspecified atom stereocenters. The van der Waals surface area contributed by atoms with Gasteiger partial charge in [0.2, 0.25) is 11.8 Å². The third kappa shape index (κ3) is 2.39. The van der Waals surface area contributed by atoms with Crippen LogP contribution in [-0.4, -0.2) is 28.6 Å². The summed E-state index contributed by atoms with van der Waals surface area (Å²) < 4.78 is 0. The lowest BCUT2D eigenvalue weighted by Gasteiger charge is -2.09. The first-order valence-electron chi connectivity index (χ1n) is 5.17. The summed E-state index contributed by atoms with van der Waals surface area (Å²) in [7, 11) is 0. The Morgan fingerprint density at radius 2 is 2.31 bits per heavy atom. The van der Waals surface area contributed by atoms with Crippen LogP contribution in [0.4, 0.5) is 5.69 Å². The number of anilines is 1. The Morgan fingerprint density at radius 3 is 2.88 bits per heavy atom. The molecule has 86 valence electrons. The number of amides is 2. The normalized spacial score (nSPS) is 16.6. The molecule has 1 saturated carbocycles. The second kappa shape index (κ2) is 3.96. The molecule has 0 bridgehead atoms. The van der Waals surface area contributed by atoms with E-state index >= 15 is 0 Å². The van der Waals surface area contributed by atoms with E-state index in [1.807, 2.05) is 6.92 Å². The predicted octanol–water partition coefficient (Wildman–Crippen LogP) is 0.264. The number of aromatic nitrogens is 2. The smallest absolute Gasteiger partial charge is 0.243 e. The van der Waals surface area contributed by atoms with Gasteiger partial charge in [0.1, 0.15) is 0 Å². The lowest BCUT2D eigenvalue weighted by atomic mass is 10.1. The summed E-state index contributed by atoms with van der Waals surface area (Å²) in [6, 6.07) is 0. The minimum atomic E-state index is -0.251. The minimum Gasteiger partial charge on any atom is -0.347 e. The molecule has 0 aromatic carbocycles. The summed E-state index contributed by atoms with van der Waals surface area (Å²) in [6.07, 6.45) is 4.88. The summed E-state index contributed by atoms with van der Waals surface area (Å²) in [5.74, 6) is -0.297. The summed E-state index contributed by atoms with van der Waals surface area (Å²) >= 11 is 0. The van der Waals surface area contributed by atoms with Gasteiger partial charge < -0.3 is 10.6 Å². The summed E-state index contributed by atoms with van der Waals surface area (Å²) in [5, 5.41) is 11.5. The number of nitrogens with zero attached hydrogens (tertiary/aromatic N) is 1. The first-order chi connectivity index (χ1) is 7.60. The van der Waals surface area contributed by atoms with Gasteiger partial charge in [0, 0.05) is 11.6 Å². The highest BCUT2D eigenvalue weighted by Crippen LogP contribution is 2.44. The van der Waals surface area contributed by atoms with Gasteiger partial charge in [-0.1, -0.05) is 6.92 Å². The van der Waals surface area contributed by atoms with Crippen LogP contribution >= 0.6 is 0 Å². The van der Waals surface area contributed by atoms with Crippen molar-refractivity contribution in [1.82, 2.24) is 15.5 Å². The van der Waals surface area contributed by atoms with Gasteiger partial charge in [0.15, 0.2) is 0 Å². The zero-order valence-corrected chi connectivity index (χ0v) is 9.04. The molecule has 1 aromatic rings. The van der Waals surface area contributed by atoms with Crippen LogP contribution in [0.3, 0.4) is 0 Å². The second-order valence-corrected chi connectivity index (χ2v) is 4.28. The van der Waals surface area contributed by atoms with Crippen LogP contribution in [-0.2, 0) is 9.59 Å². The molecular formula is C10H14N4O2. The van der Waals surface area contributed by atoms with Crippen LogP contribution in [0, 0.1) is 5.41 Å². The van der Waals surface area contributed by atoms with Gasteiger partial charge in [-0.3, -0.25) is 14.7 Å². The van der Waals surface area contributed by atoms with Gasteiger partial charge in [-0.15, -0.1) is 0 Å². The van der Waals surface area contributed by atoms with Gasteiger partial charge in [-0.2, -0.15) is 5.10 Å². The van der Waals surface area contributed by atoms with Crippen LogP contribution in [0.25, 0.3) is 0 Å². The number of H-pyrrole nitrogens is 1. The molecule has 1 aromatic heterocycles. The van der Waals surface area contributed by atoms with Crippen molar-refractivity contribution >= 4 is 17.5 Å². The number of carbonyl (C=O) groups is 2. The van der Waals surface area contributed by atoms with Gasteiger partial charge in [-0.05, 0) is 12.8 Å². The molecule has 6 heteroatoms. The molecule has 0 atom stereocenters. The van der Waals surface area contributed by atoms with Crippen molar-refractivity contribution in [2.24, 2.45) is 5.41 Å². The van der Waals surface area contributed by atoms with Gasteiger partial charge >= 0.3 is 0 Å².